The van der Waals surface area contributed by atoms with E-state index >= 15 is 0 Å². The maximum absolute atomic E-state index is 13.3. The van der Waals surface area contributed by atoms with Crippen molar-refractivity contribution in [1.82, 2.24) is 30.6 Å². The molecule has 0 aliphatic carbocycles. The molecule has 2 fully saturated rings. The van der Waals surface area contributed by atoms with Gasteiger partial charge in [0.25, 0.3) is 0 Å². The van der Waals surface area contributed by atoms with Gasteiger partial charge in [0, 0.05) is 64.7 Å². The smallest absolute Gasteiger partial charge is 0.378 e. The molecule has 13 nitrogen and oxygen atoms in total. The average Bonchev–Trinajstić information content (AvgIpc) is 3.04. The van der Waals surface area contributed by atoms with E-state index in [0.717, 1.165) is 37.7 Å². The van der Waals surface area contributed by atoms with E-state index in [1.54, 1.807) is 24.5 Å². The number of nitrogens with one attached hydrogen (secondary N) is 4. The van der Waals surface area contributed by atoms with Crippen LogP contribution in [-0.2, 0) is 33.1 Å². The number of carbonyl (C=O) groups is 2. The van der Waals surface area contributed by atoms with Crippen molar-refractivity contribution in [3.63, 3.8) is 0 Å². The number of nitriles is 1. The first-order valence-corrected chi connectivity index (χ1v) is 17.4. The Morgan fingerprint density at radius 2 is 1.65 bits per heavy atom. The highest BCUT2D eigenvalue weighted by molar-refractivity contribution is 7.82. The van der Waals surface area contributed by atoms with E-state index < -0.39 is 23.0 Å². The molecule has 2 aliphatic rings. The van der Waals surface area contributed by atoms with Gasteiger partial charge in [-0.05, 0) is 55.7 Å². The average molecular weight is 696 g/mol. The molecule has 3 amide bonds. The summed E-state index contributed by atoms with van der Waals surface area (Å²) in [4.78, 5) is 33.1. The van der Waals surface area contributed by atoms with Crippen LogP contribution in [0, 0.1) is 17.2 Å². The quantitative estimate of drug-likeness (QED) is 0.153. The molecular weight excluding hydrogens is 651 g/mol. The number of hydrogen-bond donors (Lipinski definition) is 4. The Balaban J connectivity index is 0.000000402. The Bertz CT molecular complexity index is 1350. The van der Waals surface area contributed by atoms with Crippen LogP contribution >= 0.6 is 0 Å². The van der Waals surface area contributed by atoms with Gasteiger partial charge in [-0.1, -0.05) is 12.1 Å². The maximum Gasteiger partial charge on any atom is 0.451 e. The highest BCUT2D eigenvalue weighted by Crippen LogP contribution is 2.33. The lowest BCUT2D eigenvalue weighted by atomic mass is 9.93. The molecule has 0 bridgehead atoms. The second-order valence-corrected chi connectivity index (χ2v) is 12.4. The van der Waals surface area contributed by atoms with Gasteiger partial charge in [-0.15, -0.1) is 0 Å². The Morgan fingerprint density at radius 1 is 1.02 bits per heavy atom. The third-order valence-corrected chi connectivity index (χ3v) is 8.33. The maximum atomic E-state index is 13.3. The fourth-order valence-electron chi connectivity index (χ4n) is 4.94. The number of urea groups is 1. The van der Waals surface area contributed by atoms with E-state index in [9.17, 15) is 27.0 Å². The number of alkyl halides is 3. The van der Waals surface area contributed by atoms with Gasteiger partial charge in [0.1, 0.15) is 11.6 Å². The number of rotatable bonds is 16. The second kappa shape index (κ2) is 20.4. The number of ether oxygens (including phenoxy) is 1. The minimum atomic E-state index is -4.58. The summed E-state index contributed by atoms with van der Waals surface area (Å²) in [6.07, 6.45) is 1.83. The normalized spacial score (nSPS) is 15.3. The number of benzene rings is 1. The third-order valence-electron chi connectivity index (χ3n) is 7.72. The number of hydrogen-bond acceptors (Lipinski definition) is 9. The Morgan fingerprint density at radius 3 is 2.21 bits per heavy atom. The van der Waals surface area contributed by atoms with E-state index in [-0.39, 0.29) is 6.03 Å². The van der Waals surface area contributed by atoms with Gasteiger partial charge >= 0.3 is 12.2 Å². The SMILES string of the molecule is CS(=O)NCCOCCNC(=O)NCCC1CCN(c2cc(N3CCC3)nc(C(F)(F)F)n2)CC1.N#Cc1ccc(CCNC=O)cc1. The van der Waals surface area contributed by atoms with Crippen LogP contribution < -0.4 is 30.5 Å². The summed E-state index contributed by atoms with van der Waals surface area (Å²) in [5.41, 5.74) is 1.78. The van der Waals surface area contributed by atoms with Gasteiger partial charge < -0.3 is 30.5 Å². The lowest BCUT2D eigenvalue weighted by molar-refractivity contribution is -0.144. The van der Waals surface area contributed by atoms with Crippen molar-refractivity contribution in [1.29, 1.82) is 5.26 Å². The molecule has 1 aromatic carbocycles. The summed E-state index contributed by atoms with van der Waals surface area (Å²) in [5.74, 6) is -0.0459. The molecule has 2 saturated heterocycles. The van der Waals surface area contributed by atoms with Crippen molar-refractivity contribution in [3.8, 4) is 6.07 Å². The number of amides is 3. The van der Waals surface area contributed by atoms with Crippen molar-refractivity contribution in [2.75, 3.05) is 81.6 Å². The summed E-state index contributed by atoms with van der Waals surface area (Å²) >= 11 is 0. The number of carbonyl (C=O) groups excluding carboxylic acids is 2. The first-order chi connectivity index (χ1) is 23.1. The van der Waals surface area contributed by atoms with Crippen LogP contribution in [0.5, 0.6) is 0 Å². The fourth-order valence-corrected chi connectivity index (χ4v) is 5.31. The zero-order valence-electron chi connectivity index (χ0n) is 27.1. The molecular formula is C31H44F3N9O4S. The van der Waals surface area contributed by atoms with Crippen LogP contribution in [0.15, 0.2) is 30.3 Å². The molecule has 0 spiro atoms. The van der Waals surface area contributed by atoms with Gasteiger partial charge in [-0.25, -0.2) is 23.7 Å². The molecule has 17 heteroatoms. The Kier molecular flexibility index (Phi) is 16.3. The zero-order valence-corrected chi connectivity index (χ0v) is 27.9. The predicted molar refractivity (Wildman–Crippen MR) is 177 cm³/mol. The molecule has 1 unspecified atom stereocenters. The third kappa shape index (κ3) is 14.0. The van der Waals surface area contributed by atoms with Crippen LogP contribution in [0.1, 0.15) is 42.6 Å². The molecule has 2 aromatic rings. The van der Waals surface area contributed by atoms with E-state index in [1.807, 2.05) is 28.0 Å². The highest BCUT2D eigenvalue weighted by atomic mass is 32.2. The van der Waals surface area contributed by atoms with E-state index in [0.29, 0.717) is 95.1 Å². The molecule has 4 rings (SSSR count). The second-order valence-electron chi connectivity index (χ2n) is 11.2. The van der Waals surface area contributed by atoms with Crippen molar-refractivity contribution in [3.05, 3.63) is 47.3 Å². The van der Waals surface area contributed by atoms with E-state index in [2.05, 4.69) is 30.6 Å². The first-order valence-electron chi connectivity index (χ1n) is 15.9. The molecule has 0 saturated carbocycles. The van der Waals surface area contributed by atoms with Gasteiger partial charge in [-0.2, -0.15) is 18.4 Å². The zero-order chi connectivity index (χ0) is 34.8. The number of nitrogens with zero attached hydrogens (tertiary/aromatic N) is 5. The van der Waals surface area contributed by atoms with Crippen LogP contribution in [0.4, 0.5) is 29.6 Å². The largest absolute Gasteiger partial charge is 0.451 e. The number of anilines is 2. The molecule has 264 valence electrons. The van der Waals surface area contributed by atoms with E-state index in [4.69, 9.17) is 10.00 Å². The summed E-state index contributed by atoms with van der Waals surface area (Å²) in [7, 11) is -1.06. The molecule has 0 radical (unpaired) electrons. The van der Waals surface area contributed by atoms with Gasteiger partial charge in [0.2, 0.25) is 12.2 Å². The summed E-state index contributed by atoms with van der Waals surface area (Å²) in [6, 6.07) is 10.8. The molecule has 2 aliphatic heterocycles. The van der Waals surface area contributed by atoms with Crippen molar-refractivity contribution in [2.45, 2.75) is 38.3 Å². The predicted octanol–water partition coefficient (Wildman–Crippen LogP) is 2.36. The van der Waals surface area contributed by atoms with Crippen LogP contribution in [0.25, 0.3) is 0 Å². The summed E-state index contributed by atoms with van der Waals surface area (Å²) in [6.45, 7) is 5.43. The molecule has 3 heterocycles. The van der Waals surface area contributed by atoms with Crippen LogP contribution in [0.2, 0.25) is 0 Å². The highest BCUT2D eigenvalue weighted by Gasteiger charge is 2.37. The minimum absolute atomic E-state index is 0.266. The van der Waals surface area contributed by atoms with Crippen molar-refractivity contribution < 1.29 is 31.7 Å². The van der Waals surface area contributed by atoms with Crippen LogP contribution in [-0.4, -0.2) is 98.4 Å². The van der Waals surface area contributed by atoms with Crippen LogP contribution in [0.3, 0.4) is 0 Å². The standard InChI is InChI=1S/C21H34F3N7O3S.C10H10N2O/c1-35(33)27-8-14-34-13-7-26-20(32)25-6-3-16-4-11-31(12-5-16)18-15-17(30-9-2-10-30)28-19(29-18)21(22,23)24;11-7-10-3-1-9(2-4-10)5-6-12-8-13/h15-16,27H,2-14H2,1H3,(H2,25,26,32);1-4,8H,5-6H2,(H,12,13). The van der Waals surface area contributed by atoms with Gasteiger partial charge in [-0.3, -0.25) is 4.79 Å². The number of piperidine rings is 1. The topological polar surface area (TPSA) is 165 Å². The Labute approximate surface area is 281 Å². The number of aromatic nitrogens is 2. The lowest BCUT2D eigenvalue weighted by Crippen LogP contribution is -2.40. The summed E-state index contributed by atoms with van der Waals surface area (Å²) < 4.78 is 58.8. The van der Waals surface area contributed by atoms with E-state index in [1.165, 1.54) is 0 Å². The number of halogens is 3. The fraction of sp³-hybridized carbons (Fsp3) is 0.581. The molecule has 4 N–H and O–H groups in total. The van der Waals surface area contributed by atoms with Gasteiger partial charge in [0.15, 0.2) is 0 Å². The first kappa shape index (κ1) is 38.4. The summed E-state index contributed by atoms with van der Waals surface area (Å²) in [5, 5.41) is 16.7. The minimum Gasteiger partial charge on any atom is -0.378 e. The molecule has 1 atom stereocenters. The Hall–Kier alpha value is -4.01. The monoisotopic (exact) mass is 695 g/mol. The van der Waals surface area contributed by atoms with Crippen molar-refractivity contribution in [2.24, 2.45) is 5.92 Å². The van der Waals surface area contributed by atoms with Crippen molar-refractivity contribution >= 4 is 35.1 Å². The molecule has 1 aromatic heterocycles. The molecule has 48 heavy (non-hydrogen) atoms. The van der Waals surface area contributed by atoms with Gasteiger partial charge in [0.05, 0.1) is 35.8 Å². The lowest BCUT2D eigenvalue weighted by Gasteiger charge is -2.35.